The third kappa shape index (κ3) is 4.63. The molecule has 1 heterocycles. The fraction of sp³-hybridized carbons (Fsp3) is 0.625. The number of hydrogen-bond acceptors (Lipinski definition) is 6. The van der Waals surface area contributed by atoms with Crippen LogP contribution in [0, 0.1) is 0 Å². The summed E-state index contributed by atoms with van der Waals surface area (Å²) in [5, 5.41) is 2.54. The molecule has 1 atom stereocenters. The molecule has 1 N–H and O–H groups in total. The second-order valence-corrected chi connectivity index (χ2v) is 7.66. The van der Waals surface area contributed by atoms with Crippen molar-refractivity contribution in [1.82, 2.24) is 5.32 Å². The van der Waals surface area contributed by atoms with Crippen molar-refractivity contribution in [2.45, 2.75) is 44.8 Å². The van der Waals surface area contributed by atoms with E-state index in [9.17, 15) is 4.57 Å². The van der Waals surface area contributed by atoms with Crippen molar-refractivity contribution in [3.63, 3.8) is 0 Å². The van der Waals surface area contributed by atoms with Gasteiger partial charge < -0.3 is 5.32 Å². The third-order valence-electron chi connectivity index (χ3n) is 3.95. The van der Waals surface area contributed by atoms with Gasteiger partial charge in [-0.05, 0) is 51.6 Å². The molecule has 0 saturated carbocycles. The minimum absolute atomic E-state index is 0.286. The number of rotatable bonds is 10. The van der Waals surface area contributed by atoms with Crippen molar-refractivity contribution < 1.29 is 23.7 Å². The average molecular weight is 343 g/mol. The van der Waals surface area contributed by atoms with Gasteiger partial charge in [-0.25, -0.2) is 9.78 Å². The van der Waals surface area contributed by atoms with E-state index in [1.807, 2.05) is 18.2 Å². The lowest BCUT2D eigenvalue weighted by Crippen LogP contribution is -2.41. The van der Waals surface area contributed by atoms with Crippen molar-refractivity contribution in [1.29, 1.82) is 0 Å². The van der Waals surface area contributed by atoms with Gasteiger partial charge in [-0.1, -0.05) is 30.3 Å². The molecule has 1 aliphatic heterocycles. The molecule has 0 unspecified atom stereocenters. The van der Waals surface area contributed by atoms with Crippen LogP contribution in [-0.4, -0.2) is 25.0 Å². The Labute approximate surface area is 137 Å². The molecule has 1 aromatic rings. The van der Waals surface area contributed by atoms with E-state index in [0.29, 0.717) is 12.8 Å². The van der Waals surface area contributed by atoms with Crippen LogP contribution in [0.25, 0.3) is 0 Å². The number of aryl methyl sites for hydroxylation is 1. The molecule has 1 saturated heterocycles. The minimum Gasteiger partial charge on any atom is -0.301 e. The molecule has 0 bridgehead atoms. The second-order valence-electron chi connectivity index (χ2n) is 5.51. The first-order valence-electron chi connectivity index (χ1n) is 8.17. The lowest BCUT2D eigenvalue weighted by Gasteiger charge is -2.34. The van der Waals surface area contributed by atoms with E-state index in [1.54, 1.807) is 13.8 Å². The largest absolute Gasteiger partial charge is 0.403 e. The Morgan fingerprint density at radius 2 is 1.78 bits per heavy atom. The summed E-state index contributed by atoms with van der Waals surface area (Å²) >= 11 is 0. The monoisotopic (exact) mass is 343 g/mol. The van der Waals surface area contributed by atoms with Crippen molar-refractivity contribution in [2.75, 3.05) is 19.8 Å². The zero-order valence-corrected chi connectivity index (χ0v) is 14.7. The first kappa shape index (κ1) is 18.6. The van der Waals surface area contributed by atoms with Gasteiger partial charge in [0.2, 0.25) is 0 Å². The highest BCUT2D eigenvalue weighted by Gasteiger charge is 2.54. The minimum atomic E-state index is -3.62. The Kier molecular flexibility index (Phi) is 7.21. The molecule has 23 heavy (non-hydrogen) atoms. The van der Waals surface area contributed by atoms with E-state index < -0.39 is 12.9 Å². The van der Waals surface area contributed by atoms with Crippen molar-refractivity contribution >= 4 is 7.60 Å². The standard InChI is InChI=1S/C16H26NO5P/c1-3-19-21-23(18,22-20-4-2)16(12-8-14-17-16)13-11-15-9-6-5-7-10-15/h5-7,9-10,17H,3-4,8,11-14H2,1-2H3/t16-/m0/s1. The predicted molar refractivity (Wildman–Crippen MR) is 87.8 cm³/mol. The van der Waals surface area contributed by atoms with Gasteiger partial charge in [0.1, 0.15) is 5.28 Å². The van der Waals surface area contributed by atoms with Crippen molar-refractivity contribution in [3.8, 4) is 0 Å². The fourth-order valence-corrected chi connectivity index (χ4v) is 4.69. The molecular formula is C16H26NO5P. The van der Waals surface area contributed by atoms with Crippen LogP contribution in [0.5, 0.6) is 0 Å². The molecule has 6 nitrogen and oxygen atoms in total. The van der Waals surface area contributed by atoms with Gasteiger partial charge in [-0.15, -0.1) is 9.35 Å². The highest BCUT2D eigenvalue weighted by Crippen LogP contribution is 2.63. The lowest BCUT2D eigenvalue weighted by molar-refractivity contribution is -0.267. The molecule has 130 valence electrons. The molecule has 0 radical (unpaired) electrons. The van der Waals surface area contributed by atoms with E-state index in [0.717, 1.165) is 19.4 Å². The maximum absolute atomic E-state index is 13.3. The number of nitrogens with one attached hydrogen (secondary N) is 1. The van der Waals surface area contributed by atoms with Gasteiger partial charge in [0.15, 0.2) is 0 Å². The molecule has 1 aliphatic rings. The van der Waals surface area contributed by atoms with Crippen LogP contribution in [0.15, 0.2) is 30.3 Å². The van der Waals surface area contributed by atoms with E-state index in [4.69, 9.17) is 19.1 Å². The van der Waals surface area contributed by atoms with Gasteiger partial charge >= 0.3 is 7.60 Å². The van der Waals surface area contributed by atoms with Gasteiger partial charge in [-0.2, -0.15) is 0 Å². The molecule has 7 heteroatoms. The first-order chi connectivity index (χ1) is 11.2. The first-order valence-corrected chi connectivity index (χ1v) is 9.71. The van der Waals surface area contributed by atoms with Crippen LogP contribution < -0.4 is 5.32 Å². The van der Waals surface area contributed by atoms with Crippen LogP contribution in [0.3, 0.4) is 0 Å². The normalized spacial score (nSPS) is 21.7. The average Bonchev–Trinajstić information content (AvgIpc) is 3.08. The van der Waals surface area contributed by atoms with Gasteiger partial charge in [0.25, 0.3) is 0 Å². The van der Waals surface area contributed by atoms with E-state index in [1.165, 1.54) is 5.56 Å². The van der Waals surface area contributed by atoms with Crippen LogP contribution in [-0.2, 0) is 30.1 Å². The van der Waals surface area contributed by atoms with Crippen LogP contribution in [0.4, 0.5) is 0 Å². The Bertz CT molecular complexity index is 492. The van der Waals surface area contributed by atoms with Crippen molar-refractivity contribution in [3.05, 3.63) is 35.9 Å². The van der Waals surface area contributed by atoms with Gasteiger partial charge in [0, 0.05) is 0 Å². The molecular weight excluding hydrogens is 317 g/mol. The second kappa shape index (κ2) is 8.92. The van der Waals surface area contributed by atoms with Gasteiger partial charge in [-0.3, -0.25) is 4.57 Å². The Balaban J connectivity index is 2.16. The molecule has 1 aromatic carbocycles. The van der Waals surface area contributed by atoms with E-state index >= 15 is 0 Å². The molecule has 0 spiro atoms. The summed E-state index contributed by atoms with van der Waals surface area (Å²) in [5.41, 5.74) is 1.18. The SMILES string of the molecule is CCOOP(=O)(OOCC)[C@]1(CCc2ccccc2)CCCN1. The zero-order chi connectivity index (χ0) is 16.6. The summed E-state index contributed by atoms with van der Waals surface area (Å²) in [6.45, 7) is 4.87. The number of hydrogen-bond donors (Lipinski definition) is 1. The fourth-order valence-electron chi connectivity index (χ4n) is 2.77. The van der Waals surface area contributed by atoms with Gasteiger partial charge in [0.05, 0.1) is 13.2 Å². The predicted octanol–water partition coefficient (Wildman–Crippen LogP) is 3.83. The summed E-state index contributed by atoms with van der Waals surface area (Å²) in [6.07, 6.45) is 2.98. The van der Waals surface area contributed by atoms with Crippen LogP contribution in [0.1, 0.15) is 38.7 Å². The Morgan fingerprint density at radius 1 is 1.13 bits per heavy atom. The topological polar surface area (TPSA) is 66.0 Å². The van der Waals surface area contributed by atoms with Crippen LogP contribution in [0.2, 0.25) is 0 Å². The van der Waals surface area contributed by atoms with Crippen LogP contribution >= 0.6 is 7.60 Å². The summed E-state index contributed by atoms with van der Waals surface area (Å²) in [6, 6.07) is 10.1. The summed E-state index contributed by atoms with van der Waals surface area (Å²) in [5.74, 6) is 0. The molecule has 0 aromatic heterocycles. The van der Waals surface area contributed by atoms with Crippen molar-refractivity contribution in [2.24, 2.45) is 0 Å². The van der Waals surface area contributed by atoms with E-state index in [2.05, 4.69) is 17.4 Å². The smallest absolute Gasteiger partial charge is 0.301 e. The molecule has 0 aliphatic carbocycles. The Hall–Kier alpha value is -0.750. The summed E-state index contributed by atoms with van der Waals surface area (Å²) in [4.78, 5) is 9.95. The summed E-state index contributed by atoms with van der Waals surface area (Å²) in [7, 11) is -3.62. The molecule has 0 amide bonds. The molecule has 2 rings (SSSR count). The zero-order valence-electron chi connectivity index (χ0n) is 13.8. The third-order valence-corrected chi connectivity index (χ3v) is 6.21. The summed E-state index contributed by atoms with van der Waals surface area (Å²) < 4.78 is 23.7. The quantitative estimate of drug-likeness (QED) is 0.396. The Morgan fingerprint density at radius 3 is 2.30 bits per heavy atom. The lowest BCUT2D eigenvalue weighted by atomic mass is 10.0. The highest BCUT2D eigenvalue weighted by atomic mass is 31.2. The maximum atomic E-state index is 13.3. The molecule has 1 fully saturated rings. The van der Waals surface area contributed by atoms with E-state index in [-0.39, 0.29) is 13.2 Å². The number of benzene rings is 1. The highest BCUT2D eigenvalue weighted by molar-refractivity contribution is 7.55. The maximum Gasteiger partial charge on any atom is 0.403 e.